The second-order valence-corrected chi connectivity index (χ2v) is 8.01. The summed E-state index contributed by atoms with van der Waals surface area (Å²) in [7, 11) is 0. The molecule has 0 aromatic heterocycles. The minimum atomic E-state index is 0.308. The predicted molar refractivity (Wildman–Crippen MR) is 108 cm³/mol. The van der Waals surface area contributed by atoms with Crippen LogP contribution in [0, 0.1) is 5.92 Å². The molecule has 0 bridgehead atoms. The lowest BCUT2D eigenvalue weighted by atomic mass is 9.97. The summed E-state index contributed by atoms with van der Waals surface area (Å²) in [6, 6.07) is 11.6. The molecule has 0 spiro atoms. The van der Waals surface area contributed by atoms with E-state index in [1.165, 1.54) is 50.5 Å². The van der Waals surface area contributed by atoms with Gasteiger partial charge < -0.3 is 10.2 Å². The van der Waals surface area contributed by atoms with Crippen LogP contribution in [0.2, 0.25) is 0 Å². The van der Waals surface area contributed by atoms with Crippen LogP contribution in [0.5, 0.6) is 0 Å². The topological polar surface area (TPSA) is 15.3 Å². The quantitative estimate of drug-likeness (QED) is 0.689. The van der Waals surface area contributed by atoms with Crippen molar-refractivity contribution in [1.82, 2.24) is 10.2 Å². The van der Waals surface area contributed by atoms with Gasteiger partial charge >= 0.3 is 0 Å². The number of benzene rings is 1. The highest BCUT2D eigenvalue weighted by molar-refractivity contribution is 7.80. The summed E-state index contributed by atoms with van der Waals surface area (Å²) in [5.41, 5.74) is 1.33. The van der Waals surface area contributed by atoms with Crippen LogP contribution in [0.4, 0.5) is 0 Å². The summed E-state index contributed by atoms with van der Waals surface area (Å²) in [6.45, 7) is 7.80. The molecule has 1 aromatic rings. The lowest BCUT2D eigenvalue weighted by molar-refractivity contribution is 0.289. The molecular weight excluding hydrogens is 312 g/mol. The fourth-order valence-electron chi connectivity index (χ4n) is 3.58. The monoisotopic (exact) mass is 346 g/mol. The fourth-order valence-corrected chi connectivity index (χ4v) is 3.98. The maximum atomic E-state index is 5.84. The molecule has 1 fully saturated rings. The van der Waals surface area contributed by atoms with Gasteiger partial charge in [0.05, 0.1) is 6.04 Å². The Bertz CT molecular complexity index is 478. The first-order valence-electron chi connectivity index (χ1n) is 9.70. The third-order valence-corrected chi connectivity index (χ3v) is 5.36. The second kappa shape index (κ2) is 10.0. The summed E-state index contributed by atoms with van der Waals surface area (Å²) < 4.78 is 0. The summed E-state index contributed by atoms with van der Waals surface area (Å²) in [5, 5.41) is 4.64. The number of rotatable bonds is 5. The summed E-state index contributed by atoms with van der Waals surface area (Å²) in [5.74, 6) is 0.591. The highest BCUT2D eigenvalue weighted by Gasteiger charge is 2.22. The Labute approximate surface area is 154 Å². The minimum Gasteiger partial charge on any atom is -0.360 e. The van der Waals surface area contributed by atoms with Crippen molar-refractivity contribution in [2.45, 2.75) is 77.8 Å². The van der Waals surface area contributed by atoms with Crippen molar-refractivity contribution < 1.29 is 0 Å². The number of hydrogen-bond donors (Lipinski definition) is 1. The fraction of sp³-hybridized carbons (Fsp3) is 0.667. The molecule has 1 aliphatic rings. The van der Waals surface area contributed by atoms with Crippen LogP contribution in [0.25, 0.3) is 0 Å². The Balaban J connectivity index is 2.04. The van der Waals surface area contributed by atoms with E-state index in [1.54, 1.807) is 0 Å². The molecule has 1 aliphatic carbocycles. The van der Waals surface area contributed by atoms with Crippen molar-refractivity contribution in [2.75, 3.05) is 6.54 Å². The minimum absolute atomic E-state index is 0.308. The molecule has 2 nitrogen and oxygen atoms in total. The van der Waals surface area contributed by atoms with E-state index in [0.717, 1.165) is 11.7 Å². The molecule has 1 unspecified atom stereocenters. The molecule has 0 saturated heterocycles. The Morgan fingerprint density at radius 2 is 1.62 bits per heavy atom. The Morgan fingerprint density at radius 1 is 1.04 bits per heavy atom. The molecule has 0 amide bonds. The molecule has 2 rings (SSSR count). The first-order valence-corrected chi connectivity index (χ1v) is 10.1. The van der Waals surface area contributed by atoms with Crippen molar-refractivity contribution in [1.29, 1.82) is 0 Å². The average Bonchev–Trinajstić information content (AvgIpc) is 2.55. The molecule has 1 N–H and O–H groups in total. The van der Waals surface area contributed by atoms with Gasteiger partial charge in [-0.2, -0.15) is 0 Å². The Kier molecular flexibility index (Phi) is 8.04. The second-order valence-electron chi connectivity index (χ2n) is 7.62. The van der Waals surface area contributed by atoms with Gasteiger partial charge in [0.15, 0.2) is 5.11 Å². The first kappa shape index (κ1) is 19.2. The van der Waals surface area contributed by atoms with Gasteiger partial charge in [0.2, 0.25) is 0 Å². The van der Waals surface area contributed by atoms with Crippen molar-refractivity contribution in [2.24, 2.45) is 5.92 Å². The molecule has 24 heavy (non-hydrogen) atoms. The van der Waals surface area contributed by atoms with E-state index in [2.05, 4.69) is 61.3 Å². The number of nitrogens with one attached hydrogen (secondary N) is 1. The number of thiocarbonyl (C=S) groups is 1. The molecule has 3 heteroatoms. The van der Waals surface area contributed by atoms with E-state index < -0.39 is 0 Å². The molecule has 1 atom stereocenters. The van der Waals surface area contributed by atoms with E-state index in [1.807, 2.05) is 0 Å². The molecule has 1 aromatic carbocycles. The molecule has 1 saturated carbocycles. The van der Waals surface area contributed by atoms with Gasteiger partial charge in [-0.15, -0.1) is 0 Å². The van der Waals surface area contributed by atoms with Gasteiger partial charge in [-0.3, -0.25) is 0 Å². The highest BCUT2D eigenvalue weighted by Crippen LogP contribution is 2.23. The average molecular weight is 347 g/mol. The summed E-state index contributed by atoms with van der Waals surface area (Å²) in [4.78, 5) is 2.38. The maximum absolute atomic E-state index is 5.84. The van der Waals surface area contributed by atoms with Crippen LogP contribution in [0.15, 0.2) is 30.3 Å². The summed E-state index contributed by atoms with van der Waals surface area (Å²) in [6.07, 6.45) is 9.34. The molecule has 0 heterocycles. The molecule has 0 aliphatic heterocycles. The predicted octanol–water partition coefficient (Wildman–Crippen LogP) is 5.69. The SMILES string of the molecule is CC(C)CN(C(=S)NC1CCCCCCC1)C(C)c1ccccc1. The van der Waals surface area contributed by atoms with E-state index in [0.29, 0.717) is 18.0 Å². The maximum Gasteiger partial charge on any atom is 0.169 e. The zero-order chi connectivity index (χ0) is 17.4. The van der Waals surface area contributed by atoms with Crippen molar-refractivity contribution in [3.05, 3.63) is 35.9 Å². The van der Waals surface area contributed by atoms with Gasteiger partial charge in [0.25, 0.3) is 0 Å². The van der Waals surface area contributed by atoms with Gasteiger partial charge in [0.1, 0.15) is 0 Å². The molecular formula is C21H34N2S. The van der Waals surface area contributed by atoms with Crippen molar-refractivity contribution in [3.63, 3.8) is 0 Å². The summed E-state index contributed by atoms with van der Waals surface area (Å²) >= 11 is 5.84. The van der Waals surface area contributed by atoms with E-state index in [4.69, 9.17) is 12.2 Å². The number of nitrogens with zero attached hydrogens (tertiary/aromatic N) is 1. The smallest absolute Gasteiger partial charge is 0.169 e. The lowest BCUT2D eigenvalue weighted by Gasteiger charge is -2.35. The molecule has 134 valence electrons. The largest absolute Gasteiger partial charge is 0.360 e. The molecule has 0 radical (unpaired) electrons. The van der Waals surface area contributed by atoms with Crippen molar-refractivity contribution >= 4 is 17.3 Å². The van der Waals surface area contributed by atoms with Crippen molar-refractivity contribution in [3.8, 4) is 0 Å². The normalized spacial score (nSPS) is 17.8. The van der Waals surface area contributed by atoms with Crippen LogP contribution in [0.1, 0.15) is 77.3 Å². The van der Waals surface area contributed by atoms with Gasteiger partial charge in [-0.05, 0) is 43.5 Å². The zero-order valence-electron chi connectivity index (χ0n) is 15.6. The Morgan fingerprint density at radius 3 is 2.21 bits per heavy atom. The Hall–Kier alpha value is -1.09. The van der Waals surface area contributed by atoms with Gasteiger partial charge in [-0.1, -0.05) is 76.3 Å². The van der Waals surface area contributed by atoms with Crippen LogP contribution in [0.3, 0.4) is 0 Å². The number of hydrogen-bond acceptors (Lipinski definition) is 1. The third kappa shape index (κ3) is 6.08. The first-order chi connectivity index (χ1) is 11.6. The highest BCUT2D eigenvalue weighted by atomic mass is 32.1. The third-order valence-electron chi connectivity index (χ3n) is 5.00. The van der Waals surface area contributed by atoms with E-state index in [9.17, 15) is 0 Å². The lowest BCUT2D eigenvalue weighted by Crippen LogP contribution is -2.47. The van der Waals surface area contributed by atoms with Gasteiger partial charge in [-0.25, -0.2) is 0 Å². The van der Waals surface area contributed by atoms with Crippen LogP contribution in [-0.4, -0.2) is 22.6 Å². The zero-order valence-corrected chi connectivity index (χ0v) is 16.4. The van der Waals surface area contributed by atoms with E-state index in [-0.39, 0.29) is 0 Å². The van der Waals surface area contributed by atoms with Crippen LogP contribution in [-0.2, 0) is 0 Å². The van der Waals surface area contributed by atoms with Crippen LogP contribution < -0.4 is 5.32 Å². The van der Waals surface area contributed by atoms with Crippen LogP contribution >= 0.6 is 12.2 Å². The standard InChI is InChI=1S/C21H34N2S/c1-17(2)16-23(18(3)19-12-8-7-9-13-19)21(24)22-20-14-10-5-4-6-11-15-20/h7-9,12-13,17-18,20H,4-6,10-11,14-16H2,1-3H3,(H,22,24). The van der Waals surface area contributed by atoms with E-state index >= 15 is 0 Å². The van der Waals surface area contributed by atoms with Gasteiger partial charge in [0, 0.05) is 12.6 Å².